The van der Waals surface area contributed by atoms with Crippen molar-refractivity contribution < 1.29 is 4.79 Å². The van der Waals surface area contributed by atoms with Crippen molar-refractivity contribution in [2.75, 3.05) is 19.6 Å². The summed E-state index contributed by atoms with van der Waals surface area (Å²) in [5, 5.41) is 0. The van der Waals surface area contributed by atoms with Gasteiger partial charge in [0, 0.05) is 0 Å². The Hall–Kier alpha value is -0.610. The van der Waals surface area contributed by atoms with Crippen LogP contribution in [0.2, 0.25) is 0 Å². The minimum Gasteiger partial charge on any atom is -0.294 e. The maximum absolute atomic E-state index is 11.1. The van der Waals surface area contributed by atoms with Crippen LogP contribution in [0.15, 0.2) is 0 Å². The molecule has 0 rings (SSSR count). The quantitative estimate of drug-likeness (QED) is 0.348. The van der Waals surface area contributed by atoms with E-state index in [1.165, 1.54) is 0 Å². The number of amides is 1. The van der Waals surface area contributed by atoms with Gasteiger partial charge < -0.3 is 0 Å². The number of rotatable bonds is 8. The number of nitrogens with two attached hydrogens (primary N) is 1. The molecule has 0 fully saturated rings. The van der Waals surface area contributed by atoms with E-state index < -0.39 is 0 Å². The summed E-state index contributed by atoms with van der Waals surface area (Å²) in [5.41, 5.74) is 2.17. The van der Waals surface area contributed by atoms with Crippen LogP contribution < -0.4 is 11.3 Å². The summed E-state index contributed by atoms with van der Waals surface area (Å²) in [5.74, 6) is 4.95. The molecule has 0 heterocycles. The van der Waals surface area contributed by atoms with Gasteiger partial charge in [-0.05, 0) is 25.9 Å². The second-order valence-electron chi connectivity index (χ2n) is 3.55. The lowest BCUT2D eigenvalue weighted by molar-refractivity contribution is -0.122. The van der Waals surface area contributed by atoms with Gasteiger partial charge in [0.25, 0.3) is 0 Å². The Morgan fingerprint density at radius 2 is 1.71 bits per heavy atom. The molecular formula is C10H23N3O. The van der Waals surface area contributed by atoms with Crippen molar-refractivity contribution in [2.24, 2.45) is 5.84 Å². The van der Waals surface area contributed by atoms with Crippen molar-refractivity contribution in [2.45, 2.75) is 39.5 Å². The smallest absolute Gasteiger partial charge is 0.248 e. The van der Waals surface area contributed by atoms with Crippen molar-refractivity contribution in [1.82, 2.24) is 10.3 Å². The molecule has 14 heavy (non-hydrogen) atoms. The third-order valence-electron chi connectivity index (χ3n) is 2.18. The normalized spacial score (nSPS) is 10.6. The first-order chi connectivity index (χ1) is 6.74. The van der Waals surface area contributed by atoms with Crippen LogP contribution >= 0.6 is 0 Å². The number of nitrogens with zero attached hydrogens (tertiary/aromatic N) is 1. The Labute approximate surface area is 86.8 Å². The van der Waals surface area contributed by atoms with E-state index in [1.54, 1.807) is 0 Å². The Bertz CT molecular complexity index is 142. The van der Waals surface area contributed by atoms with Crippen molar-refractivity contribution in [3.63, 3.8) is 0 Å². The van der Waals surface area contributed by atoms with Gasteiger partial charge in [-0.15, -0.1) is 0 Å². The van der Waals surface area contributed by atoms with E-state index >= 15 is 0 Å². The molecule has 1 amide bonds. The monoisotopic (exact) mass is 201 g/mol. The molecule has 0 aliphatic heterocycles. The molecule has 0 saturated heterocycles. The summed E-state index contributed by atoms with van der Waals surface area (Å²) in [6.07, 6.45) is 4.60. The number of hydrazine groups is 1. The highest BCUT2D eigenvalue weighted by atomic mass is 16.2. The average Bonchev–Trinajstić information content (AvgIpc) is 2.21. The van der Waals surface area contributed by atoms with E-state index in [9.17, 15) is 4.79 Å². The zero-order chi connectivity index (χ0) is 10.8. The van der Waals surface area contributed by atoms with Gasteiger partial charge in [-0.1, -0.05) is 26.7 Å². The average molecular weight is 201 g/mol. The largest absolute Gasteiger partial charge is 0.294 e. The molecule has 0 aromatic carbocycles. The van der Waals surface area contributed by atoms with Crippen LogP contribution in [-0.4, -0.2) is 30.4 Å². The summed E-state index contributed by atoms with van der Waals surface area (Å²) in [6, 6.07) is 0. The fourth-order valence-electron chi connectivity index (χ4n) is 1.28. The summed E-state index contributed by atoms with van der Waals surface area (Å²) in [6.45, 7) is 6.71. The molecule has 84 valence electrons. The molecule has 0 aliphatic rings. The van der Waals surface area contributed by atoms with Crippen LogP contribution in [0.5, 0.6) is 0 Å². The van der Waals surface area contributed by atoms with E-state index in [4.69, 9.17) is 5.84 Å². The van der Waals surface area contributed by atoms with Crippen LogP contribution in [0.1, 0.15) is 39.5 Å². The standard InChI is InChI=1S/C10H23N3O/c1-3-5-7-13(8-6-4-2)9-10(14)12-11/h3-9,11H2,1-2H3,(H,12,14). The van der Waals surface area contributed by atoms with Gasteiger partial charge in [0.05, 0.1) is 6.54 Å². The van der Waals surface area contributed by atoms with Crippen LogP contribution in [0.3, 0.4) is 0 Å². The first kappa shape index (κ1) is 13.4. The molecule has 0 radical (unpaired) electrons. The predicted octanol–water partition coefficient (Wildman–Crippen LogP) is 0.879. The minimum absolute atomic E-state index is 0.0998. The molecule has 3 N–H and O–H groups in total. The van der Waals surface area contributed by atoms with E-state index in [2.05, 4.69) is 24.2 Å². The third kappa shape index (κ3) is 6.86. The maximum Gasteiger partial charge on any atom is 0.248 e. The lowest BCUT2D eigenvalue weighted by Crippen LogP contribution is -2.41. The number of unbranched alkanes of at least 4 members (excludes halogenated alkanes) is 2. The topological polar surface area (TPSA) is 58.4 Å². The zero-order valence-electron chi connectivity index (χ0n) is 9.38. The second-order valence-corrected chi connectivity index (χ2v) is 3.55. The Morgan fingerprint density at radius 3 is 2.07 bits per heavy atom. The molecule has 0 atom stereocenters. The van der Waals surface area contributed by atoms with Crippen LogP contribution in [0, 0.1) is 0 Å². The van der Waals surface area contributed by atoms with E-state index in [-0.39, 0.29) is 5.91 Å². The first-order valence-corrected chi connectivity index (χ1v) is 5.46. The summed E-state index contributed by atoms with van der Waals surface area (Å²) in [7, 11) is 0. The second kappa shape index (κ2) is 8.97. The highest BCUT2D eigenvalue weighted by Gasteiger charge is 2.07. The molecule has 4 heteroatoms. The van der Waals surface area contributed by atoms with Crippen LogP contribution in [-0.2, 0) is 4.79 Å². The molecule has 0 bridgehead atoms. The molecule has 0 aromatic rings. The van der Waals surface area contributed by atoms with Gasteiger partial charge in [-0.3, -0.25) is 15.1 Å². The third-order valence-corrected chi connectivity index (χ3v) is 2.18. The van der Waals surface area contributed by atoms with E-state index in [0.29, 0.717) is 6.54 Å². The number of hydrogen-bond acceptors (Lipinski definition) is 3. The van der Waals surface area contributed by atoms with Gasteiger partial charge in [0.1, 0.15) is 0 Å². The molecule has 0 unspecified atom stereocenters. The lowest BCUT2D eigenvalue weighted by Gasteiger charge is -2.20. The van der Waals surface area contributed by atoms with Gasteiger partial charge in [-0.2, -0.15) is 0 Å². The number of carbonyl (C=O) groups is 1. The molecule has 0 saturated carbocycles. The fourth-order valence-corrected chi connectivity index (χ4v) is 1.28. The van der Waals surface area contributed by atoms with Gasteiger partial charge in [0.15, 0.2) is 0 Å². The zero-order valence-corrected chi connectivity index (χ0v) is 9.38. The molecule has 4 nitrogen and oxygen atoms in total. The number of carbonyl (C=O) groups excluding carboxylic acids is 1. The number of hydrogen-bond donors (Lipinski definition) is 2. The van der Waals surface area contributed by atoms with E-state index in [1.807, 2.05) is 0 Å². The fraction of sp³-hybridized carbons (Fsp3) is 0.900. The van der Waals surface area contributed by atoms with E-state index in [0.717, 1.165) is 38.8 Å². The molecule has 0 spiro atoms. The van der Waals surface area contributed by atoms with Crippen molar-refractivity contribution in [3.8, 4) is 0 Å². The van der Waals surface area contributed by atoms with Crippen molar-refractivity contribution >= 4 is 5.91 Å². The maximum atomic E-state index is 11.1. The number of nitrogens with one attached hydrogen (secondary N) is 1. The predicted molar refractivity (Wildman–Crippen MR) is 58.6 cm³/mol. The molecule has 0 aliphatic carbocycles. The van der Waals surface area contributed by atoms with Crippen molar-refractivity contribution in [1.29, 1.82) is 0 Å². The summed E-state index contributed by atoms with van der Waals surface area (Å²) >= 11 is 0. The highest BCUT2D eigenvalue weighted by molar-refractivity contribution is 5.77. The van der Waals surface area contributed by atoms with Gasteiger partial charge in [0.2, 0.25) is 5.91 Å². The SMILES string of the molecule is CCCCN(CCCC)CC(=O)NN. The first-order valence-electron chi connectivity index (χ1n) is 5.46. The van der Waals surface area contributed by atoms with Crippen LogP contribution in [0.4, 0.5) is 0 Å². The Morgan fingerprint density at radius 1 is 1.21 bits per heavy atom. The van der Waals surface area contributed by atoms with Gasteiger partial charge in [-0.25, -0.2) is 5.84 Å². The van der Waals surface area contributed by atoms with Crippen LogP contribution in [0.25, 0.3) is 0 Å². The highest BCUT2D eigenvalue weighted by Crippen LogP contribution is 1.98. The molecular weight excluding hydrogens is 178 g/mol. The minimum atomic E-state index is -0.0998. The van der Waals surface area contributed by atoms with Crippen molar-refractivity contribution in [3.05, 3.63) is 0 Å². The Balaban J connectivity index is 3.77. The van der Waals surface area contributed by atoms with Gasteiger partial charge >= 0.3 is 0 Å². The lowest BCUT2D eigenvalue weighted by atomic mass is 10.2. The Kier molecular flexibility index (Phi) is 8.57. The summed E-state index contributed by atoms with van der Waals surface area (Å²) in [4.78, 5) is 13.2. The molecule has 0 aromatic heterocycles. The summed E-state index contributed by atoms with van der Waals surface area (Å²) < 4.78 is 0.